The number of hydrogen-bond acceptors (Lipinski definition) is 7. The number of carbonyl (C=O) groups excluding carboxylic acids is 2. The summed E-state index contributed by atoms with van der Waals surface area (Å²) >= 11 is 10.3. The minimum absolute atomic E-state index is 0.00406. The molecule has 1 heterocycles. The molecule has 1 aliphatic rings. The van der Waals surface area contributed by atoms with Crippen molar-refractivity contribution in [3.63, 3.8) is 0 Å². The molecule has 186 valence electrons. The lowest BCUT2D eigenvalue weighted by molar-refractivity contribution is -0.123. The van der Waals surface area contributed by atoms with Crippen LogP contribution in [0.2, 0.25) is 5.02 Å². The van der Waals surface area contributed by atoms with Crippen molar-refractivity contribution in [2.24, 2.45) is 0 Å². The van der Waals surface area contributed by atoms with Gasteiger partial charge < -0.3 is 8.92 Å². The van der Waals surface area contributed by atoms with E-state index >= 15 is 0 Å². The highest BCUT2D eigenvalue weighted by molar-refractivity contribution is 9.10. The van der Waals surface area contributed by atoms with E-state index in [0.29, 0.717) is 20.6 Å². The Morgan fingerprint density at radius 3 is 2.44 bits per heavy atom. The summed E-state index contributed by atoms with van der Waals surface area (Å²) in [6.45, 7) is 2.04. The van der Waals surface area contributed by atoms with Crippen molar-refractivity contribution in [3.05, 3.63) is 92.3 Å². The van der Waals surface area contributed by atoms with Gasteiger partial charge in [0.1, 0.15) is 4.90 Å². The van der Waals surface area contributed by atoms with Crippen molar-refractivity contribution in [2.45, 2.75) is 18.4 Å². The van der Waals surface area contributed by atoms with Crippen molar-refractivity contribution in [1.29, 1.82) is 0 Å². The number of benzene rings is 3. The third-order valence-corrected chi connectivity index (χ3v) is 8.12. The van der Waals surface area contributed by atoms with Gasteiger partial charge in [0.15, 0.2) is 11.5 Å². The van der Waals surface area contributed by atoms with Gasteiger partial charge in [-0.15, -0.1) is 0 Å². The zero-order valence-corrected chi connectivity index (χ0v) is 22.8. The van der Waals surface area contributed by atoms with Crippen LogP contribution in [0.5, 0.6) is 11.5 Å². The molecule has 0 radical (unpaired) electrons. The fraction of sp³-hybridized carbons (Fsp3) is 0.120. The van der Waals surface area contributed by atoms with Gasteiger partial charge in [-0.05, 0) is 82.2 Å². The monoisotopic (exact) mass is 607 g/mol. The minimum Gasteiger partial charge on any atom is -0.490 e. The van der Waals surface area contributed by atoms with Crippen LogP contribution in [0.25, 0.3) is 6.08 Å². The van der Waals surface area contributed by atoms with E-state index < -0.39 is 21.3 Å². The molecule has 0 atom stereocenters. The molecule has 4 rings (SSSR count). The molecule has 1 saturated heterocycles. The summed E-state index contributed by atoms with van der Waals surface area (Å²) in [7, 11) is -4.11. The summed E-state index contributed by atoms with van der Waals surface area (Å²) in [5, 5.41) is 0.0519. The summed E-state index contributed by atoms with van der Waals surface area (Å²) < 4.78 is 36.8. The maximum absolute atomic E-state index is 13.0. The maximum atomic E-state index is 13.0. The first kappa shape index (κ1) is 26.3. The number of nitrogens with zero attached hydrogens (tertiary/aromatic N) is 1. The first-order chi connectivity index (χ1) is 17.2. The molecule has 3 aromatic carbocycles. The smallest absolute Gasteiger partial charge is 0.339 e. The molecule has 3 aromatic rings. The molecular weight excluding hydrogens is 590 g/mol. The SMILES string of the molecule is CCOc1cc(/C=C2\SC(=O)N(Cc3ccccc3Cl)C2=O)cc(Br)c1OS(=O)(=O)c1ccccc1. The van der Waals surface area contributed by atoms with Crippen LogP contribution in [0.3, 0.4) is 0 Å². The van der Waals surface area contributed by atoms with Gasteiger partial charge in [-0.1, -0.05) is 48.0 Å². The van der Waals surface area contributed by atoms with E-state index in [4.69, 9.17) is 20.5 Å². The van der Waals surface area contributed by atoms with Crippen LogP contribution in [0.1, 0.15) is 18.1 Å². The Kier molecular flexibility index (Phi) is 8.09. The summed E-state index contributed by atoms with van der Waals surface area (Å²) in [5.41, 5.74) is 1.17. The minimum atomic E-state index is -4.11. The van der Waals surface area contributed by atoms with Gasteiger partial charge in [-0.3, -0.25) is 14.5 Å². The first-order valence-electron chi connectivity index (χ1n) is 10.6. The van der Waals surface area contributed by atoms with E-state index in [1.807, 2.05) is 0 Å². The molecule has 7 nitrogen and oxygen atoms in total. The molecule has 11 heteroatoms. The molecule has 1 aliphatic heterocycles. The Morgan fingerprint density at radius 2 is 1.75 bits per heavy atom. The Balaban J connectivity index is 1.63. The van der Waals surface area contributed by atoms with Crippen LogP contribution in [0.15, 0.2) is 81.0 Å². The van der Waals surface area contributed by atoms with Crippen LogP contribution < -0.4 is 8.92 Å². The van der Waals surface area contributed by atoms with Gasteiger partial charge in [0.25, 0.3) is 11.1 Å². The standard InChI is InChI=1S/C25H19BrClNO6S2/c1-2-33-21-13-16(12-19(26)23(21)34-36(31,32)18-9-4-3-5-10-18)14-22-24(29)28(25(30)35-22)15-17-8-6-7-11-20(17)27/h3-14H,2,15H2,1H3/b22-14-. The predicted octanol–water partition coefficient (Wildman–Crippen LogP) is 6.51. The van der Waals surface area contributed by atoms with E-state index in [2.05, 4.69) is 15.9 Å². The molecule has 36 heavy (non-hydrogen) atoms. The highest BCUT2D eigenvalue weighted by Gasteiger charge is 2.35. The van der Waals surface area contributed by atoms with Gasteiger partial charge in [-0.2, -0.15) is 8.42 Å². The van der Waals surface area contributed by atoms with Gasteiger partial charge in [0.05, 0.1) is 22.5 Å². The molecule has 0 saturated carbocycles. The summed E-state index contributed by atoms with van der Waals surface area (Å²) in [5.74, 6) is -0.316. The van der Waals surface area contributed by atoms with Crippen LogP contribution in [-0.4, -0.2) is 31.1 Å². The second-order valence-corrected chi connectivity index (χ2v) is 11.3. The van der Waals surface area contributed by atoms with E-state index in [1.54, 1.807) is 67.6 Å². The lowest BCUT2D eigenvalue weighted by Crippen LogP contribution is -2.27. The van der Waals surface area contributed by atoms with Crippen molar-refractivity contribution in [1.82, 2.24) is 4.90 Å². The zero-order valence-electron chi connectivity index (χ0n) is 18.8. The first-order valence-corrected chi connectivity index (χ1v) is 14.0. The Hall–Kier alpha value is -2.79. The maximum Gasteiger partial charge on any atom is 0.339 e. The third kappa shape index (κ3) is 5.78. The largest absolute Gasteiger partial charge is 0.490 e. The summed E-state index contributed by atoms with van der Waals surface area (Å²) in [4.78, 5) is 26.9. The Bertz CT molecular complexity index is 1460. The molecule has 0 aliphatic carbocycles. The lowest BCUT2D eigenvalue weighted by atomic mass is 10.1. The van der Waals surface area contributed by atoms with E-state index in [1.165, 1.54) is 12.1 Å². The van der Waals surface area contributed by atoms with Crippen LogP contribution in [0, 0.1) is 0 Å². The Morgan fingerprint density at radius 1 is 1.06 bits per heavy atom. The van der Waals surface area contributed by atoms with E-state index in [9.17, 15) is 18.0 Å². The van der Waals surface area contributed by atoms with Crippen molar-refractivity contribution in [2.75, 3.05) is 6.61 Å². The van der Waals surface area contributed by atoms with Crippen molar-refractivity contribution in [3.8, 4) is 11.5 Å². The fourth-order valence-corrected chi connectivity index (χ4v) is 6.00. The quantitative estimate of drug-likeness (QED) is 0.213. The van der Waals surface area contributed by atoms with Crippen LogP contribution in [0.4, 0.5) is 4.79 Å². The number of rotatable bonds is 8. The number of ether oxygens (including phenoxy) is 1. The van der Waals surface area contributed by atoms with Crippen LogP contribution in [-0.2, 0) is 21.5 Å². The molecule has 0 spiro atoms. The van der Waals surface area contributed by atoms with Gasteiger partial charge >= 0.3 is 10.1 Å². The summed E-state index contributed by atoms with van der Waals surface area (Å²) in [6, 6.07) is 17.9. The number of halogens is 2. The molecular formula is C25H19BrClNO6S2. The average Bonchev–Trinajstić information content (AvgIpc) is 3.10. The summed E-state index contributed by atoms with van der Waals surface area (Å²) in [6.07, 6.45) is 1.54. The van der Waals surface area contributed by atoms with Crippen molar-refractivity contribution >= 4 is 66.6 Å². The normalized spacial score (nSPS) is 15.0. The lowest BCUT2D eigenvalue weighted by Gasteiger charge is -2.15. The highest BCUT2D eigenvalue weighted by Crippen LogP contribution is 2.41. The molecule has 2 amide bonds. The van der Waals surface area contributed by atoms with Crippen molar-refractivity contribution < 1.29 is 26.9 Å². The second-order valence-electron chi connectivity index (χ2n) is 7.47. The fourth-order valence-electron chi connectivity index (χ4n) is 3.34. The van der Waals surface area contributed by atoms with Gasteiger partial charge in [0, 0.05) is 5.02 Å². The topological polar surface area (TPSA) is 90.0 Å². The number of thioether (sulfide) groups is 1. The van der Waals surface area contributed by atoms with E-state index in [-0.39, 0.29) is 34.5 Å². The van der Waals surface area contributed by atoms with Gasteiger partial charge in [-0.25, -0.2) is 0 Å². The van der Waals surface area contributed by atoms with Crippen LogP contribution >= 0.6 is 39.3 Å². The predicted molar refractivity (Wildman–Crippen MR) is 143 cm³/mol. The molecule has 1 fully saturated rings. The highest BCUT2D eigenvalue weighted by atomic mass is 79.9. The zero-order chi connectivity index (χ0) is 25.9. The third-order valence-electron chi connectivity index (χ3n) is 5.01. The van der Waals surface area contributed by atoms with Gasteiger partial charge in [0.2, 0.25) is 0 Å². The number of imide groups is 1. The van der Waals surface area contributed by atoms with E-state index in [0.717, 1.165) is 16.7 Å². The number of amides is 2. The second kappa shape index (κ2) is 11.1. The Labute approximate surface area is 226 Å². The number of hydrogen-bond donors (Lipinski definition) is 0. The molecule has 0 bridgehead atoms. The molecule has 0 aromatic heterocycles. The number of carbonyl (C=O) groups is 2. The average molecular weight is 609 g/mol. The molecule has 0 unspecified atom stereocenters. The molecule has 0 N–H and O–H groups in total.